The molecule has 15 heteroatoms. The van der Waals surface area contributed by atoms with Crippen molar-refractivity contribution < 1.29 is 18.7 Å². The van der Waals surface area contributed by atoms with Gasteiger partial charge in [0, 0.05) is 17.5 Å². The molecule has 0 aromatic carbocycles. The summed E-state index contributed by atoms with van der Waals surface area (Å²) in [7, 11) is -4.22. The van der Waals surface area contributed by atoms with E-state index in [0.717, 1.165) is 0 Å². The van der Waals surface area contributed by atoms with E-state index in [9.17, 15) is 14.3 Å². The fourth-order valence-corrected chi connectivity index (χ4v) is 3.97. The molecule has 4 rings (SSSR count). The van der Waals surface area contributed by atoms with E-state index < -0.39 is 31.7 Å². The molecule has 4 atom stereocenters. The van der Waals surface area contributed by atoms with Crippen molar-refractivity contribution in [2.75, 3.05) is 11.7 Å². The molecule has 1 saturated heterocycles. The Kier molecular flexibility index (Phi) is 5.48. The number of nitrogens with zero attached hydrogens (tertiary/aromatic N) is 7. The second-order valence-electron chi connectivity index (χ2n) is 6.36. The number of fused-ring (bicyclic) bond motifs is 1. The Morgan fingerprint density at radius 2 is 2.40 bits per heavy atom. The number of hydrogen-bond donors (Lipinski definition) is 3. The van der Waals surface area contributed by atoms with Gasteiger partial charge in [-0.2, -0.15) is 0 Å². The van der Waals surface area contributed by atoms with Gasteiger partial charge < -0.3 is 14.6 Å². The highest BCUT2D eigenvalue weighted by Crippen LogP contribution is 2.43. The number of nitrogens with one attached hydrogen (secondary N) is 2. The highest BCUT2D eigenvalue weighted by Gasteiger charge is 2.38. The summed E-state index contributed by atoms with van der Waals surface area (Å²) in [5, 5.41) is 6.06. The van der Waals surface area contributed by atoms with Crippen LogP contribution < -0.4 is 10.6 Å². The molecule has 14 nitrogen and oxygen atoms in total. The number of pyridine rings is 1. The summed E-state index contributed by atoms with van der Waals surface area (Å²) in [5.74, 6) is 0. The Morgan fingerprint density at radius 3 is 3.17 bits per heavy atom. The lowest BCUT2D eigenvalue weighted by Crippen LogP contribution is -2.25. The van der Waals surface area contributed by atoms with Gasteiger partial charge in [0.1, 0.15) is 6.23 Å². The van der Waals surface area contributed by atoms with Crippen molar-refractivity contribution in [2.45, 2.75) is 24.8 Å². The largest absolute Gasteiger partial charge is 0.430 e. The summed E-state index contributed by atoms with van der Waals surface area (Å²) in [6.07, 6.45) is 4.32. The molecule has 0 amide bonds. The molecule has 156 valence electrons. The standard InChI is InChI=1S/C15H16N9O5P/c16-23-21-10-4-12(24-8-20-13-14(24)18-7-19-15(13)25)29-11(10)6-28-30(26,27)22-9-2-1-3-17-5-9/h1-3,5,7-8,10-12H,4,6H2,(H,18,19,25)(H2,22,26,27)/t10-,11+,12+/m0/s1. The molecule has 4 heterocycles. The fourth-order valence-electron chi connectivity index (χ4n) is 3.10. The number of ether oxygens (including phenoxy) is 1. The van der Waals surface area contributed by atoms with Crippen LogP contribution in [-0.2, 0) is 13.8 Å². The summed E-state index contributed by atoms with van der Waals surface area (Å²) < 4.78 is 24.8. The molecular formula is C15H16N9O5P. The van der Waals surface area contributed by atoms with Crippen molar-refractivity contribution in [2.24, 2.45) is 5.11 Å². The van der Waals surface area contributed by atoms with Crippen molar-refractivity contribution in [3.63, 3.8) is 0 Å². The van der Waals surface area contributed by atoms with Crippen molar-refractivity contribution >= 4 is 24.6 Å². The van der Waals surface area contributed by atoms with Crippen LogP contribution in [0.4, 0.5) is 5.69 Å². The number of hydrogen-bond acceptors (Lipinski definition) is 8. The zero-order valence-electron chi connectivity index (χ0n) is 15.3. The summed E-state index contributed by atoms with van der Waals surface area (Å²) in [4.78, 5) is 39.1. The third-order valence-electron chi connectivity index (χ3n) is 4.43. The molecule has 0 aliphatic carbocycles. The first-order valence-electron chi connectivity index (χ1n) is 8.72. The van der Waals surface area contributed by atoms with Crippen LogP contribution in [0.3, 0.4) is 0 Å². The van der Waals surface area contributed by atoms with E-state index in [0.29, 0.717) is 11.3 Å². The average Bonchev–Trinajstić information content (AvgIpc) is 3.32. The van der Waals surface area contributed by atoms with Gasteiger partial charge in [0.15, 0.2) is 11.2 Å². The lowest BCUT2D eigenvalue weighted by Gasteiger charge is -2.19. The molecule has 0 radical (unpaired) electrons. The third kappa shape index (κ3) is 4.17. The smallest absolute Gasteiger partial charge is 0.352 e. The van der Waals surface area contributed by atoms with Gasteiger partial charge in [-0.1, -0.05) is 5.11 Å². The van der Waals surface area contributed by atoms with Crippen LogP contribution in [0, 0.1) is 0 Å². The van der Waals surface area contributed by atoms with Gasteiger partial charge in [-0.05, 0) is 17.7 Å². The Hall–Kier alpha value is -3.28. The first-order chi connectivity index (χ1) is 14.5. The minimum Gasteiger partial charge on any atom is -0.352 e. The quantitative estimate of drug-likeness (QED) is 0.215. The molecule has 3 N–H and O–H groups in total. The monoisotopic (exact) mass is 433 g/mol. The van der Waals surface area contributed by atoms with Gasteiger partial charge in [-0.15, -0.1) is 0 Å². The van der Waals surface area contributed by atoms with Crippen molar-refractivity contribution in [1.29, 1.82) is 0 Å². The van der Waals surface area contributed by atoms with Crippen LogP contribution in [0.2, 0.25) is 0 Å². The van der Waals surface area contributed by atoms with E-state index in [-0.39, 0.29) is 18.5 Å². The number of azide groups is 1. The maximum absolute atomic E-state index is 12.3. The number of H-pyrrole nitrogens is 1. The fraction of sp³-hybridized carbons (Fsp3) is 0.333. The zero-order chi connectivity index (χ0) is 21.1. The van der Waals surface area contributed by atoms with E-state index in [1.54, 1.807) is 12.1 Å². The third-order valence-corrected chi connectivity index (χ3v) is 5.47. The van der Waals surface area contributed by atoms with E-state index in [1.165, 1.54) is 29.6 Å². The Morgan fingerprint density at radius 1 is 1.53 bits per heavy atom. The predicted molar refractivity (Wildman–Crippen MR) is 103 cm³/mol. The first-order valence-corrected chi connectivity index (χ1v) is 10.3. The van der Waals surface area contributed by atoms with Gasteiger partial charge in [0.05, 0.1) is 43.3 Å². The molecule has 1 aliphatic rings. The van der Waals surface area contributed by atoms with Crippen molar-refractivity contribution in [3.8, 4) is 0 Å². The maximum Gasteiger partial charge on any atom is 0.430 e. The first kappa shape index (κ1) is 20.0. The van der Waals surface area contributed by atoms with E-state index in [2.05, 4.69) is 35.0 Å². The van der Waals surface area contributed by atoms with Crippen molar-refractivity contribution in [3.05, 3.63) is 58.0 Å². The van der Waals surface area contributed by atoms with Crippen LogP contribution in [0.1, 0.15) is 12.6 Å². The topological polar surface area (TPSA) is 193 Å². The van der Waals surface area contributed by atoms with Crippen LogP contribution in [0.5, 0.6) is 0 Å². The van der Waals surface area contributed by atoms with Gasteiger partial charge in [0.25, 0.3) is 5.56 Å². The molecule has 0 bridgehead atoms. The second-order valence-corrected chi connectivity index (χ2v) is 7.89. The molecule has 0 spiro atoms. The maximum atomic E-state index is 12.3. The predicted octanol–water partition coefficient (Wildman–Crippen LogP) is 1.71. The number of aromatic amines is 1. The van der Waals surface area contributed by atoms with E-state index in [4.69, 9.17) is 14.8 Å². The average molecular weight is 433 g/mol. The number of anilines is 1. The summed E-state index contributed by atoms with van der Waals surface area (Å²) in [6, 6.07) is 2.49. The molecule has 30 heavy (non-hydrogen) atoms. The molecule has 0 saturated carbocycles. The van der Waals surface area contributed by atoms with E-state index in [1.807, 2.05) is 0 Å². The molecule has 1 aliphatic heterocycles. The van der Waals surface area contributed by atoms with Gasteiger partial charge in [0.2, 0.25) is 0 Å². The van der Waals surface area contributed by atoms with E-state index >= 15 is 0 Å². The zero-order valence-corrected chi connectivity index (χ0v) is 16.2. The molecular weight excluding hydrogens is 417 g/mol. The SMILES string of the molecule is [N-]=[N+]=N[C@H]1C[C@H](n2cnc3c(=O)[nH]cnc32)O[C@@H]1COP(=O)(O)Nc1cccnc1. The minimum absolute atomic E-state index is 0.140. The highest BCUT2D eigenvalue weighted by atomic mass is 31.2. The summed E-state index contributed by atoms with van der Waals surface area (Å²) in [6.45, 7) is -0.318. The van der Waals surface area contributed by atoms with Crippen molar-refractivity contribution in [1.82, 2.24) is 24.5 Å². The Labute approximate surface area is 168 Å². The minimum atomic E-state index is -4.22. The van der Waals surface area contributed by atoms with Crippen LogP contribution in [0.25, 0.3) is 21.6 Å². The Bertz CT molecular complexity index is 1190. The van der Waals surface area contributed by atoms with Gasteiger partial charge >= 0.3 is 7.75 Å². The second kappa shape index (κ2) is 8.22. The highest BCUT2D eigenvalue weighted by molar-refractivity contribution is 7.54. The normalized spacial score (nSPS) is 23.0. The molecule has 3 aromatic rings. The number of imidazole rings is 1. The van der Waals surface area contributed by atoms with Gasteiger partial charge in [-0.25, -0.2) is 14.5 Å². The number of aromatic nitrogens is 5. The lowest BCUT2D eigenvalue weighted by molar-refractivity contribution is -0.0197. The van der Waals surface area contributed by atoms with Gasteiger partial charge in [-0.3, -0.25) is 24.0 Å². The van der Waals surface area contributed by atoms with Crippen LogP contribution >= 0.6 is 7.75 Å². The van der Waals surface area contributed by atoms with Crippen LogP contribution in [-0.4, -0.2) is 48.1 Å². The molecule has 3 aromatic heterocycles. The van der Waals surface area contributed by atoms with Crippen LogP contribution in [0.15, 0.2) is 47.1 Å². The summed E-state index contributed by atoms with van der Waals surface area (Å²) >= 11 is 0. The summed E-state index contributed by atoms with van der Waals surface area (Å²) in [5.41, 5.74) is 9.21. The lowest BCUT2D eigenvalue weighted by atomic mass is 10.1. The molecule has 1 fully saturated rings. The number of rotatable bonds is 7. The molecule has 1 unspecified atom stereocenters. The Balaban J connectivity index is 1.49.